The zero-order valence-corrected chi connectivity index (χ0v) is 17.6. The van der Waals surface area contributed by atoms with Crippen LogP contribution in [0, 0.1) is 0 Å². The number of carbonyl (C=O) groups excluding carboxylic acids is 1. The third kappa shape index (κ3) is 5.86. The molecular formula is C26H29NO3. The van der Waals surface area contributed by atoms with Gasteiger partial charge in [0.1, 0.15) is 0 Å². The van der Waals surface area contributed by atoms with E-state index >= 15 is 0 Å². The number of nitrogens with one attached hydrogen (secondary N) is 1. The number of hydrogen-bond acceptors (Lipinski definition) is 3. The number of aryl methyl sites for hydroxylation is 1. The van der Waals surface area contributed by atoms with Gasteiger partial charge in [-0.1, -0.05) is 66.7 Å². The lowest BCUT2D eigenvalue weighted by Gasteiger charge is -2.18. The molecule has 0 radical (unpaired) electrons. The third-order valence-corrected chi connectivity index (χ3v) is 5.25. The molecule has 3 rings (SSSR count). The van der Waals surface area contributed by atoms with Crippen molar-refractivity contribution in [3.05, 3.63) is 95.6 Å². The van der Waals surface area contributed by atoms with Gasteiger partial charge in [0.25, 0.3) is 0 Å². The van der Waals surface area contributed by atoms with Crippen molar-refractivity contribution in [3.8, 4) is 11.5 Å². The van der Waals surface area contributed by atoms with Crippen molar-refractivity contribution < 1.29 is 14.3 Å². The van der Waals surface area contributed by atoms with E-state index in [1.807, 2.05) is 30.3 Å². The predicted molar refractivity (Wildman–Crippen MR) is 120 cm³/mol. The SMILES string of the molecule is COc1ccc(CCC(=O)NCCC(c2ccccc2)c2ccccc2)cc1OC. The molecule has 0 aliphatic carbocycles. The van der Waals surface area contributed by atoms with Crippen LogP contribution in [0.2, 0.25) is 0 Å². The molecule has 0 bridgehead atoms. The van der Waals surface area contributed by atoms with Gasteiger partial charge < -0.3 is 14.8 Å². The predicted octanol–water partition coefficient (Wildman–Crippen LogP) is 4.97. The van der Waals surface area contributed by atoms with Crippen LogP contribution in [0.5, 0.6) is 11.5 Å². The van der Waals surface area contributed by atoms with Crippen molar-refractivity contribution in [2.45, 2.75) is 25.2 Å². The molecule has 0 spiro atoms. The zero-order valence-electron chi connectivity index (χ0n) is 17.6. The smallest absolute Gasteiger partial charge is 0.220 e. The Morgan fingerprint density at radius 1 is 0.833 bits per heavy atom. The van der Waals surface area contributed by atoms with Gasteiger partial charge in [0, 0.05) is 18.9 Å². The molecule has 0 atom stereocenters. The summed E-state index contributed by atoms with van der Waals surface area (Å²) >= 11 is 0. The molecule has 30 heavy (non-hydrogen) atoms. The highest BCUT2D eigenvalue weighted by Crippen LogP contribution is 2.28. The summed E-state index contributed by atoms with van der Waals surface area (Å²) in [5.74, 6) is 1.70. The molecule has 1 amide bonds. The van der Waals surface area contributed by atoms with Crippen molar-refractivity contribution >= 4 is 5.91 Å². The number of methoxy groups -OCH3 is 2. The molecule has 0 saturated carbocycles. The molecule has 3 aromatic carbocycles. The fraction of sp³-hybridized carbons (Fsp3) is 0.269. The van der Waals surface area contributed by atoms with E-state index < -0.39 is 0 Å². The number of carbonyl (C=O) groups is 1. The molecule has 1 N–H and O–H groups in total. The summed E-state index contributed by atoms with van der Waals surface area (Å²) in [5, 5.41) is 3.08. The Bertz CT molecular complexity index is 886. The van der Waals surface area contributed by atoms with E-state index in [2.05, 4.69) is 53.8 Å². The number of hydrogen-bond donors (Lipinski definition) is 1. The van der Waals surface area contributed by atoms with E-state index in [0.717, 1.165) is 12.0 Å². The van der Waals surface area contributed by atoms with Crippen LogP contribution in [-0.4, -0.2) is 26.7 Å². The Kier molecular flexibility index (Phi) is 7.90. The van der Waals surface area contributed by atoms with Crippen LogP contribution in [0.1, 0.15) is 35.4 Å². The molecule has 0 fully saturated rings. The summed E-state index contributed by atoms with van der Waals surface area (Å²) < 4.78 is 10.6. The second-order valence-electron chi connectivity index (χ2n) is 7.20. The standard InChI is InChI=1S/C26H29NO3/c1-29-24-15-13-20(19-25(24)30-2)14-16-26(28)27-18-17-23(21-9-5-3-6-10-21)22-11-7-4-8-12-22/h3-13,15,19,23H,14,16-18H2,1-2H3,(H,27,28). The van der Waals surface area contributed by atoms with Crippen molar-refractivity contribution in [1.29, 1.82) is 0 Å². The van der Waals surface area contributed by atoms with Crippen LogP contribution in [0.15, 0.2) is 78.9 Å². The molecule has 3 aromatic rings. The Morgan fingerprint density at radius 2 is 1.43 bits per heavy atom. The van der Waals surface area contributed by atoms with E-state index in [0.29, 0.717) is 30.9 Å². The minimum absolute atomic E-state index is 0.0599. The van der Waals surface area contributed by atoms with E-state index in [4.69, 9.17) is 9.47 Å². The van der Waals surface area contributed by atoms with Gasteiger partial charge in [-0.25, -0.2) is 0 Å². The Balaban J connectivity index is 1.53. The highest BCUT2D eigenvalue weighted by molar-refractivity contribution is 5.76. The van der Waals surface area contributed by atoms with Gasteiger partial charge in [0.15, 0.2) is 11.5 Å². The minimum atomic E-state index is 0.0599. The van der Waals surface area contributed by atoms with Gasteiger partial charge in [-0.05, 0) is 41.7 Å². The molecule has 0 heterocycles. The molecule has 156 valence electrons. The Morgan fingerprint density at radius 3 is 2.00 bits per heavy atom. The second-order valence-corrected chi connectivity index (χ2v) is 7.20. The van der Waals surface area contributed by atoms with Gasteiger partial charge in [-0.2, -0.15) is 0 Å². The third-order valence-electron chi connectivity index (χ3n) is 5.25. The van der Waals surface area contributed by atoms with E-state index in [1.165, 1.54) is 11.1 Å². The van der Waals surface area contributed by atoms with Crippen LogP contribution in [0.3, 0.4) is 0 Å². The summed E-state index contributed by atoms with van der Waals surface area (Å²) in [4.78, 5) is 12.4. The Hall–Kier alpha value is -3.27. The number of rotatable bonds is 10. The first kappa shape index (κ1) is 21.4. The molecular weight excluding hydrogens is 374 g/mol. The molecule has 0 aliphatic heterocycles. The van der Waals surface area contributed by atoms with Gasteiger partial charge in [-0.3, -0.25) is 4.79 Å². The summed E-state index contributed by atoms with van der Waals surface area (Å²) in [5.41, 5.74) is 3.58. The van der Waals surface area contributed by atoms with Gasteiger partial charge in [0.05, 0.1) is 14.2 Å². The van der Waals surface area contributed by atoms with Gasteiger partial charge >= 0.3 is 0 Å². The normalized spacial score (nSPS) is 10.6. The maximum atomic E-state index is 12.4. The van der Waals surface area contributed by atoms with Crippen LogP contribution in [0.4, 0.5) is 0 Å². The number of amides is 1. The van der Waals surface area contributed by atoms with Crippen molar-refractivity contribution in [2.24, 2.45) is 0 Å². The van der Waals surface area contributed by atoms with Crippen LogP contribution < -0.4 is 14.8 Å². The highest BCUT2D eigenvalue weighted by atomic mass is 16.5. The lowest BCUT2D eigenvalue weighted by atomic mass is 9.88. The largest absolute Gasteiger partial charge is 0.493 e. The second kappa shape index (κ2) is 11.1. The number of ether oxygens (including phenoxy) is 2. The fourth-order valence-corrected chi connectivity index (χ4v) is 3.63. The van der Waals surface area contributed by atoms with Crippen LogP contribution in [-0.2, 0) is 11.2 Å². The minimum Gasteiger partial charge on any atom is -0.493 e. The summed E-state index contributed by atoms with van der Waals surface area (Å²) in [6.07, 6.45) is 1.96. The maximum Gasteiger partial charge on any atom is 0.220 e. The molecule has 4 nitrogen and oxygen atoms in total. The number of benzene rings is 3. The average Bonchev–Trinajstić information content (AvgIpc) is 2.81. The van der Waals surface area contributed by atoms with E-state index in [1.54, 1.807) is 14.2 Å². The van der Waals surface area contributed by atoms with Crippen molar-refractivity contribution in [2.75, 3.05) is 20.8 Å². The monoisotopic (exact) mass is 403 g/mol. The van der Waals surface area contributed by atoms with Crippen molar-refractivity contribution in [1.82, 2.24) is 5.32 Å². The topological polar surface area (TPSA) is 47.6 Å². The quantitative estimate of drug-likeness (QED) is 0.520. The first-order valence-electron chi connectivity index (χ1n) is 10.3. The van der Waals surface area contributed by atoms with Crippen molar-refractivity contribution in [3.63, 3.8) is 0 Å². The molecule has 0 aliphatic rings. The Labute approximate surface area is 178 Å². The lowest BCUT2D eigenvalue weighted by molar-refractivity contribution is -0.121. The van der Waals surface area contributed by atoms with Crippen LogP contribution >= 0.6 is 0 Å². The fourth-order valence-electron chi connectivity index (χ4n) is 3.63. The van der Waals surface area contributed by atoms with E-state index in [-0.39, 0.29) is 11.8 Å². The zero-order chi connectivity index (χ0) is 21.2. The summed E-state index contributed by atoms with van der Waals surface area (Å²) in [6.45, 7) is 0.638. The first-order chi connectivity index (χ1) is 14.7. The molecule has 0 unspecified atom stereocenters. The molecule has 0 saturated heterocycles. The molecule has 4 heteroatoms. The highest BCUT2D eigenvalue weighted by Gasteiger charge is 2.14. The molecule has 0 aromatic heterocycles. The summed E-state index contributed by atoms with van der Waals surface area (Å²) in [7, 11) is 3.23. The maximum absolute atomic E-state index is 12.4. The summed E-state index contributed by atoms with van der Waals surface area (Å²) in [6, 6.07) is 26.7. The average molecular weight is 404 g/mol. The van der Waals surface area contributed by atoms with E-state index in [9.17, 15) is 4.79 Å². The van der Waals surface area contributed by atoms with Crippen LogP contribution in [0.25, 0.3) is 0 Å². The first-order valence-corrected chi connectivity index (χ1v) is 10.3. The lowest BCUT2D eigenvalue weighted by Crippen LogP contribution is -2.26. The van der Waals surface area contributed by atoms with Gasteiger partial charge in [0.2, 0.25) is 5.91 Å². The van der Waals surface area contributed by atoms with Gasteiger partial charge in [-0.15, -0.1) is 0 Å².